The van der Waals surface area contributed by atoms with Crippen LogP contribution in [-0.4, -0.2) is 19.1 Å². The summed E-state index contributed by atoms with van der Waals surface area (Å²) in [5.74, 6) is 0.118. The Morgan fingerprint density at radius 2 is 2.07 bits per heavy atom. The summed E-state index contributed by atoms with van der Waals surface area (Å²) in [6.45, 7) is 5.23. The normalized spacial score (nSPS) is 13.2. The quantitative estimate of drug-likeness (QED) is 0.631. The third-order valence-electron chi connectivity index (χ3n) is 1.77. The molecule has 5 heteroatoms. The molecule has 0 heterocycles. The molecule has 4 nitrogen and oxygen atoms in total. The molecule has 1 unspecified atom stereocenters. The highest BCUT2D eigenvalue weighted by atomic mass is 32.2. The second-order valence-electron chi connectivity index (χ2n) is 2.98. The molecule has 1 aromatic carbocycles. The fourth-order valence-electron chi connectivity index (χ4n) is 1.01. The number of hydrogen-bond donors (Lipinski definition) is 1. The van der Waals surface area contributed by atoms with Crippen molar-refractivity contribution in [2.24, 2.45) is 0 Å². The van der Waals surface area contributed by atoms with Crippen molar-refractivity contribution in [3.8, 4) is 5.75 Å². The predicted octanol–water partition coefficient (Wildman–Crippen LogP) is 1.89. The van der Waals surface area contributed by atoms with Crippen LogP contribution in [0.1, 0.15) is 6.92 Å². The lowest BCUT2D eigenvalue weighted by molar-refractivity contribution is 0.262. The molecule has 1 atom stereocenters. The molecule has 1 rings (SSSR count). The molecule has 0 amide bonds. The van der Waals surface area contributed by atoms with E-state index in [1.54, 1.807) is 13.0 Å². The molecule has 1 aromatic rings. The summed E-state index contributed by atoms with van der Waals surface area (Å²) < 4.78 is 36.1. The van der Waals surface area contributed by atoms with Gasteiger partial charge >= 0.3 is 0 Å². The average molecular weight is 228 g/mol. The lowest BCUT2D eigenvalue weighted by Gasteiger charge is -2.12. The summed E-state index contributed by atoms with van der Waals surface area (Å²) in [4.78, 5) is -0.237. The van der Waals surface area contributed by atoms with Crippen LogP contribution in [0.15, 0.2) is 41.8 Å². The third-order valence-corrected chi connectivity index (χ3v) is 2.66. The summed E-state index contributed by atoms with van der Waals surface area (Å²) in [5, 5.41) is 0. The van der Waals surface area contributed by atoms with Crippen molar-refractivity contribution < 1.29 is 17.7 Å². The van der Waals surface area contributed by atoms with Gasteiger partial charge in [0.2, 0.25) is 0 Å². The van der Waals surface area contributed by atoms with E-state index in [2.05, 4.69) is 6.58 Å². The molecule has 0 fully saturated rings. The minimum absolute atomic E-state index is 0.118. The first kappa shape index (κ1) is 11.7. The van der Waals surface area contributed by atoms with E-state index in [4.69, 9.17) is 9.29 Å². The van der Waals surface area contributed by atoms with Crippen molar-refractivity contribution in [1.82, 2.24) is 0 Å². The average Bonchev–Trinajstić information content (AvgIpc) is 2.17. The van der Waals surface area contributed by atoms with Gasteiger partial charge in [0, 0.05) is 0 Å². The van der Waals surface area contributed by atoms with E-state index in [0.29, 0.717) is 0 Å². The van der Waals surface area contributed by atoms with E-state index in [1.807, 2.05) is 0 Å². The van der Waals surface area contributed by atoms with E-state index < -0.39 is 10.1 Å². The summed E-state index contributed by atoms with van der Waals surface area (Å²) in [6, 6.07) is 5.89. The molecule has 82 valence electrons. The Kier molecular flexibility index (Phi) is 3.49. The van der Waals surface area contributed by atoms with Gasteiger partial charge in [0.1, 0.15) is 16.7 Å². The molecule has 0 radical (unpaired) electrons. The van der Waals surface area contributed by atoms with Crippen molar-refractivity contribution in [2.45, 2.75) is 17.9 Å². The van der Waals surface area contributed by atoms with Gasteiger partial charge in [0.05, 0.1) is 0 Å². The van der Waals surface area contributed by atoms with Crippen LogP contribution in [-0.2, 0) is 10.1 Å². The van der Waals surface area contributed by atoms with E-state index >= 15 is 0 Å². The molecular weight excluding hydrogens is 216 g/mol. The molecule has 0 bridgehead atoms. The van der Waals surface area contributed by atoms with Gasteiger partial charge in [-0.2, -0.15) is 8.42 Å². The summed E-state index contributed by atoms with van der Waals surface area (Å²) in [6.07, 6.45) is 1.20. The largest absolute Gasteiger partial charge is 0.485 e. The first-order valence-corrected chi connectivity index (χ1v) is 5.75. The minimum Gasteiger partial charge on any atom is -0.485 e. The van der Waals surface area contributed by atoms with Crippen molar-refractivity contribution in [3.05, 3.63) is 36.9 Å². The minimum atomic E-state index is -4.25. The van der Waals surface area contributed by atoms with Crippen LogP contribution < -0.4 is 4.74 Å². The smallest absolute Gasteiger partial charge is 0.298 e. The van der Waals surface area contributed by atoms with Gasteiger partial charge in [0.25, 0.3) is 10.1 Å². The molecule has 0 aliphatic rings. The van der Waals surface area contributed by atoms with E-state index in [-0.39, 0.29) is 16.7 Å². The van der Waals surface area contributed by atoms with Crippen molar-refractivity contribution in [2.75, 3.05) is 0 Å². The van der Waals surface area contributed by atoms with Crippen LogP contribution in [0.5, 0.6) is 5.75 Å². The van der Waals surface area contributed by atoms with Crippen molar-refractivity contribution >= 4 is 10.1 Å². The van der Waals surface area contributed by atoms with Gasteiger partial charge in [0.15, 0.2) is 0 Å². The fraction of sp³-hybridized carbons (Fsp3) is 0.200. The molecule has 0 saturated heterocycles. The monoisotopic (exact) mass is 228 g/mol. The lowest BCUT2D eigenvalue weighted by Crippen LogP contribution is -2.10. The first-order valence-electron chi connectivity index (χ1n) is 4.31. The highest BCUT2D eigenvalue weighted by Crippen LogP contribution is 2.23. The molecule has 0 aromatic heterocycles. The standard InChI is InChI=1S/C10H12O4S/c1-3-8(2)14-9-6-4-5-7-10(9)15(11,12)13/h3-8H,1H2,2H3,(H,11,12,13). The number of benzene rings is 1. The highest BCUT2D eigenvalue weighted by molar-refractivity contribution is 7.86. The Bertz CT molecular complexity index is 450. The highest BCUT2D eigenvalue weighted by Gasteiger charge is 2.16. The van der Waals surface area contributed by atoms with Crippen LogP contribution in [0.3, 0.4) is 0 Å². The van der Waals surface area contributed by atoms with Gasteiger partial charge in [-0.05, 0) is 19.1 Å². The fourth-order valence-corrected chi connectivity index (χ4v) is 1.63. The zero-order chi connectivity index (χ0) is 11.5. The van der Waals surface area contributed by atoms with Crippen molar-refractivity contribution in [3.63, 3.8) is 0 Å². The second-order valence-corrected chi connectivity index (χ2v) is 4.37. The van der Waals surface area contributed by atoms with E-state index in [1.165, 1.54) is 24.3 Å². The first-order chi connectivity index (χ1) is 6.95. The summed E-state index contributed by atoms with van der Waals surface area (Å²) in [7, 11) is -4.25. The van der Waals surface area contributed by atoms with Crippen LogP contribution in [0, 0.1) is 0 Å². The van der Waals surface area contributed by atoms with Gasteiger partial charge in [-0.15, -0.1) is 0 Å². The van der Waals surface area contributed by atoms with Gasteiger partial charge in [-0.25, -0.2) is 0 Å². The Morgan fingerprint density at radius 3 is 2.60 bits per heavy atom. The zero-order valence-electron chi connectivity index (χ0n) is 8.25. The maximum Gasteiger partial charge on any atom is 0.298 e. The summed E-state index contributed by atoms with van der Waals surface area (Å²) in [5.41, 5.74) is 0. The topological polar surface area (TPSA) is 63.6 Å². The molecule has 1 N–H and O–H groups in total. The molecule has 0 spiro atoms. The SMILES string of the molecule is C=CC(C)Oc1ccccc1S(=O)(=O)O. The Morgan fingerprint density at radius 1 is 1.47 bits per heavy atom. The Labute approximate surface area is 88.9 Å². The molecule has 0 saturated carbocycles. The number of hydrogen-bond acceptors (Lipinski definition) is 3. The Hall–Kier alpha value is -1.33. The maximum absolute atomic E-state index is 11.0. The molecule has 15 heavy (non-hydrogen) atoms. The van der Waals surface area contributed by atoms with Gasteiger partial charge in [-0.3, -0.25) is 4.55 Å². The van der Waals surface area contributed by atoms with Gasteiger partial charge in [-0.1, -0.05) is 24.8 Å². The molecule has 0 aliphatic heterocycles. The molecular formula is C10H12O4S. The van der Waals surface area contributed by atoms with E-state index in [0.717, 1.165) is 0 Å². The predicted molar refractivity (Wildman–Crippen MR) is 56.5 cm³/mol. The van der Waals surface area contributed by atoms with Crippen LogP contribution in [0.2, 0.25) is 0 Å². The lowest BCUT2D eigenvalue weighted by atomic mass is 10.3. The molecule has 0 aliphatic carbocycles. The van der Waals surface area contributed by atoms with Crippen LogP contribution in [0.25, 0.3) is 0 Å². The van der Waals surface area contributed by atoms with Crippen LogP contribution >= 0.6 is 0 Å². The number of ether oxygens (including phenoxy) is 1. The Balaban J connectivity index is 3.13. The number of para-hydroxylation sites is 1. The zero-order valence-corrected chi connectivity index (χ0v) is 9.07. The second kappa shape index (κ2) is 4.46. The van der Waals surface area contributed by atoms with E-state index in [9.17, 15) is 8.42 Å². The number of rotatable bonds is 4. The summed E-state index contributed by atoms with van der Waals surface area (Å²) >= 11 is 0. The maximum atomic E-state index is 11.0. The third kappa shape index (κ3) is 3.07. The van der Waals surface area contributed by atoms with Crippen molar-refractivity contribution in [1.29, 1.82) is 0 Å². The van der Waals surface area contributed by atoms with Crippen LogP contribution in [0.4, 0.5) is 0 Å². The van der Waals surface area contributed by atoms with Gasteiger partial charge < -0.3 is 4.74 Å².